The van der Waals surface area contributed by atoms with Crippen LogP contribution in [0.15, 0.2) is 30.7 Å². The minimum absolute atomic E-state index is 0.163. The van der Waals surface area contributed by atoms with E-state index in [-0.39, 0.29) is 5.91 Å². The van der Waals surface area contributed by atoms with Crippen molar-refractivity contribution in [3.05, 3.63) is 47.5 Å². The van der Waals surface area contributed by atoms with Crippen LogP contribution in [-0.4, -0.2) is 51.9 Å². The van der Waals surface area contributed by atoms with Crippen LogP contribution in [-0.2, 0) is 0 Å². The van der Waals surface area contributed by atoms with Crippen molar-refractivity contribution >= 4 is 32.6 Å². The maximum Gasteiger partial charge on any atom is 0.280 e. The SMILES string of the molecule is CCN(CC)CCN(C(=O)c1cnccn1)c1nc2cc(C)cc(C)c2s1. The fourth-order valence-corrected chi connectivity index (χ4v) is 4.13. The number of thiazole rings is 1. The average molecular weight is 384 g/mol. The highest BCUT2D eigenvalue weighted by molar-refractivity contribution is 7.22. The minimum Gasteiger partial charge on any atom is -0.302 e. The average Bonchev–Trinajstić information content (AvgIpc) is 3.09. The molecule has 6 nitrogen and oxygen atoms in total. The van der Waals surface area contributed by atoms with E-state index in [4.69, 9.17) is 4.98 Å². The highest BCUT2D eigenvalue weighted by Crippen LogP contribution is 2.32. The van der Waals surface area contributed by atoms with Gasteiger partial charge in [-0.1, -0.05) is 31.3 Å². The number of carbonyl (C=O) groups is 1. The number of nitrogens with zero attached hydrogens (tertiary/aromatic N) is 5. The van der Waals surface area contributed by atoms with E-state index in [1.807, 2.05) is 0 Å². The molecule has 3 rings (SSSR count). The fraction of sp³-hybridized carbons (Fsp3) is 0.400. The van der Waals surface area contributed by atoms with E-state index in [0.29, 0.717) is 17.4 Å². The zero-order valence-electron chi connectivity index (χ0n) is 16.3. The summed E-state index contributed by atoms with van der Waals surface area (Å²) in [7, 11) is 0. The first-order chi connectivity index (χ1) is 13.0. The Bertz CT molecular complexity index is 921. The van der Waals surface area contributed by atoms with Crippen molar-refractivity contribution in [1.29, 1.82) is 0 Å². The van der Waals surface area contributed by atoms with Gasteiger partial charge < -0.3 is 4.90 Å². The highest BCUT2D eigenvalue weighted by Gasteiger charge is 2.23. The Morgan fingerprint density at radius 1 is 1.11 bits per heavy atom. The number of benzene rings is 1. The lowest BCUT2D eigenvalue weighted by Crippen LogP contribution is -2.39. The Labute approximate surface area is 163 Å². The molecule has 1 aromatic carbocycles. The predicted molar refractivity (Wildman–Crippen MR) is 111 cm³/mol. The number of carbonyl (C=O) groups excluding carboxylic acids is 1. The summed E-state index contributed by atoms with van der Waals surface area (Å²) in [4.78, 5) is 30.2. The van der Waals surface area contributed by atoms with Crippen LogP contribution in [0.25, 0.3) is 10.2 Å². The quantitative estimate of drug-likeness (QED) is 0.623. The number of aryl methyl sites for hydroxylation is 2. The third-order valence-electron chi connectivity index (χ3n) is 4.60. The number of fused-ring (bicyclic) bond motifs is 1. The van der Waals surface area contributed by atoms with E-state index >= 15 is 0 Å². The number of anilines is 1. The third kappa shape index (κ3) is 4.31. The van der Waals surface area contributed by atoms with Gasteiger partial charge in [0.15, 0.2) is 5.13 Å². The van der Waals surface area contributed by atoms with Crippen LogP contribution < -0.4 is 4.90 Å². The first-order valence-electron chi connectivity index (χ1n) is 9.21. The predicted octanol–water partition coefficient (Wildman–Crippen LogP) is 3.69. The topological polar surface area (TPSA) is 62.2 Å². The summed E-state index contributed by atoms with van der Waals surface area (Å²) in [6.45, 7) is 11.6. The van der Waals surface area contributed by atoms with Gasteiger partial charge in [-0.3, -0.25) is 14.7 Å². The summed E-state index contributed by atoms with van der Waals surface area (Å²) in [5.74, 6) is -0.163. The van der Waals surface area contributed by atoms with Gasteiger partial charge in [-0.2, -0.15) is 0 Å². The largest absolute Gasteiger partial charge is 0.302 e. The van der Waals surface area contributed by atoms with Gasteiger partial charge in [-0.05, 0) is 44.1 Å². The van der Waals surface area contributed by atoms with Crippen molar-refractivity contribution in [1.82, 2.24) is 19.9 Å². The summed E-state index contributed by atoms with van der Waals surface area (Å²) >= 11 is 1.56. The van der Waals surface area contributed by atoms with Gasteiger partial charge in [-0.15, -0.1) is 0 Å². The van der Waals surface area contributed by atoms with Crippen molar-refractivity contribution in [3.8, 4) is 0 Å². The van der Waals surface area contributed by atoms with Gasteiger partial charge in [0.1, 0.15) is 5.69 Å². The zero-order valence-corrected chi connectivity index (χ0v) is 17.1. The molecule has 0 atom stereocenters. The maximum absolute atomic E-state index is 13.1. The molecule has 0 aliphatic rings. The van der Waals surface area contributed by atoms with Gasteiger partial charge in [0.25, 0.3) is 5.91 Å². The molecule has 1 amide bonds. The van der Waals surface area contributed by atoms with Crippen molar-refractivity contribution in [2.75, 3.05) is 31.1 Å². The summed E-state index contributed by atoms with van der Waals surface area (Å²) < 4.78 is 1.12. The minimum atomic E-state index is -0.163. The fourth-order valence-electron chi connectivity index (χ4n) is 3.09. The van der Waals surface area contributed by atoms with Gasteiger partial charge in [-0.25, -0.2) is 9.97 Å². The summed E-state index contributed by atoms with van der Waals surface area (Å²) in [5, 5.41) is 0.710. The molecule has 0 spiro atoms. The first-order valence-corrected chi connectivity index (χ1v) is 10.0. The van der Waals surface area contributed by atoms with E-state index in [0.717, 1.165) is 29.9 Å². The van der Waals surface area contributed by atoms with Crippen LogP contribution in [0.1, 0.15) is 35.5 Å². The number of likely N-dealkylation sites (N-methyl/N-ethyl adjacent to an activating group) is 1. The Morgan fingerprint density at radius 2 is 1.89 bits per heavy atom. The number of hydrogen-bond donors (Lipinski definition) is 0. The van der Waals surface area contributed by atoms with E-state index in [1.54, 1.807) is 28.6 Å². The molecule has 0 aliphatic heterocycles. The van der Waals surface area contributed by atoms with Crippen LogP contribution in [0.5, 0.6) is 0 Å². The third-order valence-corrected chi connectivity index (χ3v) is 5.83. The molecule has 0 fully saturated rings. The number of rotatable bonds is 7. The number of aromatic nitrogens is 3. The second-order valence-electron chi connectivity index (χ2n) is 6.50. The molecule has 0 aliphatic carbocycles. The normalized spacial score (nSPS) is 11.3. The number of hydrogen-bond acceptors (Lipinski definition) is 6. The van der Waals surface area contributed by atoms with Crippen molar-refractivity contribution in [2.45, 2.75) is 27.7 Å². The van der Waals surface area contributed by atoms with Crippen molar-refractivity contribution in [2.24, 2.45) is 0 Å². The Hall–Kier alpha value is -2.38. The highest BCUT2D eigenvalue weighted by atomic mass is 32.1. The van der Waals surface area contributed by atoms with E-state index in [1.165, 1.54) is 17.3 Å². The van der Waals surface area contributed by atoms with E-state index < -0.39 is 0 Å². The summed E-state index contributed by atoms with van der Waals surface area (Å²) in [6.07, 6.45) is 4.62. The molecule has 2 heterocycles. The smallest absolute Gasteiger partial charge is 0.280 e. The van der Waals surface area contributed by atoms with Crippen LogP contribution >= 0.6 is 11.3 Å². The molecule has 0 saturated carbocycles. The standard InChI is InChI=1S/C20H25N5OS/c1-5-24(6-2)9-10-25(19(26)17-13-21-7-8-22-17)20-23-16-12-14(3)11-15(4)18(16)27-20/h7-8,11-13H,5-6,9-10H2,1-4H3. The zero-order chi connectivity index (χ0) is 19.4. The van der Waals surface area contributed by atoms with Crippen molar-refractivity contribution < 1.29 is 4.79 Å². The maximum atomic E-state index is 13.1. The lowest BCUT2D eigenvalue weighted by Gasteiger charge is -2.24. The molecular weight excluding hydrogens is 358 g/mol. The van der Waals surface area contributed by atoms with Crippen LogP contribution in [0.3, 0.4) is 0 Å². The van der Waals surface area contributed by atoms with Gasteiger partial charge in [0, 0.05) is 25.5 Å². The first kappa shape index (κ1) is 19.4. The molecule has 0 N–H and O–H groups in total. The molecule has 0 bridgehead atoms. The monoisotopic (exact) mass is 383 g/mol. The lowest BCUT2D eigenvalue weighted by molar-refractivity contribution is 0.0978. The second-order valence-corrected chi connectivity index (χ2v) is 7.48. The molecule has 0 unspecified atom stereocenters. The van der Waals surface area contributed by atoms with E-state index in [9.17, 15) is 4.79 Å². The molecule has 3 aromatic rings. The molecule has 0 radical (unpaired) electrons. The lowest BCUT2D eigenvalue weighted by atomic mass is 10.1. The Balaban J connectivity index is 1.98. The van der Waals surface area contributed by atoms with Crippen LogP contribution in [0, 0.1) is 13.8 Å². The molecule has 142 valence electrons. The molecule has 2 aromatic heterocycles. The number of amides is 1. The Morgan fingerprint density at radius 3 is 2.56 bits per heavy atom. The van der Waals surface area contributed by atoms with Gasteiger partial charge >= 0.3 is 0 Å². The van der Waals surface area contributed by atoms with Crippen molar-refractivity contribution in [3.63, 3.8) is 0 Å². The Kier molecular flexibility index (Phi) is 6.13. The summed E-state index contributed by atoms with van der Waals surface area (Å²) in [6, 6.07) is 4.22. The van der Waals surface area contributed by atoms with Gasteiger partial charge in [0.2, 0.25) is 0 Å². The van der Waals surface area contributed by atoms with Crippen LogP contribution in [0.4, 0.5) is 5.13 Å². The molecule has 7 heteroatoms. The van der Waals surface area contributed by atoms with E-state index in [2.05, 4.69) is 54.7 Å². The van der Waals surface area contributed by atoms with Crippen LogP contribution in [0.2, 0.25) is 0 Å². The molecular formula is C20H25N5OS. The van der Waals surface area contributed by atoms with Gasteiger partial charge in [0.05, 0.1) is 16.4 Å². The molecule has 27 heavy (non-hydrogen) atoms. The molecule has 0 saturated heterocycles. The second kappa shape index (κ2) is 8.54. The summed E-state index contributed by atoms with van der Waals surface area (Å²) in [5.41, 5.74) is 3.63.